The maximum Gasteiger partial charge on any atom is 0.356 e. The van der Waals surface area contributed by atoms with Gasteiger partial charge in [-0.2, -0.15) is 5.26 Å². The molecule has 0 N–H and O–H groups in total. The Morgan fingerprint density at radius 2 is 2.33 bits per heavy atom. The van der Waals surface area contributed by atoms with Crippen LogP contribution in [-0.4, -0.2) is 17.6 Å². The van der Waals surface area contributed by atoms with E-state index in [1.807, 2.05) is 0 Å². The summed E-state index contributed by atoms with van der Waals surface area (Å²) in [5.74, 6) is -0.786. The zero-order chi connectivity index (χ0) is 13.7. The number of ether oxygens (including phenoxy) is 1. The highest BCUT2D eigenvalue weighted by Crippen LogP contribution is 2.26. The number of carbonyl (C=O) groups excluding carboxylic acids is 1. The highest BCUT2D eigenvalue weighted by molar-refractivity contribution is 9.08. The molecule has 0 fully saturated rings. The van der Waals surface area contributed by atoms with E-state index in [1.54, 1.807) is 13.0 Å². The van der Waals surface area contributed by atoms with Gasteiger partial charge in [-0.25, -0.2) is 18.6 Å². The highest BCUT2D eigenvalue weighted by Gasteiger charge is 2.21. The zero-order valence-corrected chi connectivity index (χ0v) is 11.0. The topological polar surface area (TPSA) is 63.0 Å². The van der Waals surface area contributed by atoms with Crippen LogP contribution in [0.5, 0.6) is 0 Å². The lowest BCUT2D eigenvalue weighted by molar-refractivity contribution is 0.0518. The molecular formula is C11H9BrF2N2O2. The number of halogens is 3. The van der Waals surface area contributed by atoms with Gasteiger partial charge < -0.3 is 4.74 Å². The van der Waals surface area contributed by atoms with Crippen molar-refractivity contribution >= 4 is 21.9 Å². The van der Waals surface area contributed by atoms with Crippen molar-refractivity contribution in [2.75, 3.05) is 6.61 Å². The van der Waals surface area contributed by atoms with Crippen LogP contribution in [0.1, 0.15) is 40.7 Å². The first-order chi connectivity index (χ1) is 8.54. The summed E-state index contributed by atoms with van der Waals surface area (Å²) in [5.41, 5.74) is -0.848. The van der Waals surface area contributed by atoms with Crippen LogP contribution in [0.2, 0.25) is 0 Å². The lowest BCUT2D eigenvalue weighted by Crippen LogP contribution is -2.11. The minimum Gasteiger partial charge on any atom is -0.461 e. The summed E-state index contributed by atoms with van der Waals surface area (Å²) in [5, 5.41) is 8.95. The van der Waals surface area contributed by atoms with Gasteiger partial charge in [0, 0.05) is 10.9 Å². The van der Waals surface area contributed by atoms with Crippen LogP contribution in [0.4, 0.5) is 8.78 Å². The molecule has 0 aromatic carbocycles. The van der Waals surface area contributed by atoms with Crippen molar-refractivity contribution in [1.29, 1.82) is 5.26 Å². The van der Waals surface area contributed by atoms with E-state index in [1.165, 1.54) is 0 Å². The molecule has 0 atom stereocenters. The minimum absolute atomic E-state index is 0.0957. The molecule has 4 nitrogen and oxygen atoms in total. The fourth-order valence-corrected chi connectivity index (χ4v) is 1.73. The monoisotopic (exact) mass is 318 g/mol. The molecule has 96 valence electrons. The standard InChI is InChI=1S/C11H9BrF2N2O2/c1-2-18-11(17)8-3-6(10(13)14)7(5-15)9(4-12)16-8/h3,10H,2,4H2,1H3. The van der Waals surface area contributed by atoms with Crippen molar-refractivity contribution in [2.24, 2.45) is 0 Å². The first-order valence-electron chi connectivity index (χ1n) is 5.00. The van der Waals surface area contributed by atoms with E-state index in [9.17, 15) is 13.6 Å². The fraction of sp³-hybridized carbons (Fsp3) is 0.364. The Kier molecular flexibility index (Phi) is 5.16. The third-order valence-electron chi connectivity index (χ3n) is 2.08. The van der Waals surface area contributed by atoms with E-state index in [-0.39, 0.29) is 28.9 Å². The van der Waals surface area contributed by atoms with Gasteiger partial charge in [0.1, 0.15) is 11.8 Å². The van der Waals surface area contributed by atoms with Crippen LogP contribution in [0.3, 0.4) is 0 Å². The number of aromatic nitrogens is 1. The van der Waals surface area contributed by atoms with Gasteiger partial charge >= 0.3 is 5.97 Å². The van der Waals surface area contributed by atoms with E-state index in [4.69, 9.17) is 10.00 Å². The second-order valence-corrected chi connectivity index (χ2v) is 3.75. The maximum absolute atomic E-state index is 12.8. The molecule has 7 heteroatoms. The smallest absolute Gasteiger partial charge is 0.356 e. The lowest BCUT2D eigenvalue weighted by Gasteiger charge is -2.09. The lowest BCUT2D eigenvalue weighted by atomic mass is 10.1. The summed E-state index contributed by atoms with van der Waals surface area (Å²) < 4.78 is 30.3. The SMILES string of the molecule is CCOC(=O)c1cc(C(F)F)c(C#N)c(CBr)n1. The number of hydrogen-bond acceptors (Lipinski definition) is 4. The molecule has 0 spiro atoms. The van der Waals surface area contributed by atoms with Crippen LogP contribution in [-0.2, 0) is 10.1 Å². The predicted octanol–water partition coefficient (Wildman–Crippen LogP) is 2.96. The van der Waals surface area contributed by atoms with Crippen molar-refractivity contribution in [3.63, 3.8) is 0 Å². The number of alkyl halides is 3. The van der Waals surface area contributed by atoms with Gasteiger partial charge in [-0.1, -0.05) is 15.9 Å². The third-order valence-corrected chi connectivity index (χ3v) is 2.61. The Bertz CT molecular complexity index is 501. The number of nitriles is 1. The quantitative estimate of drug-likeness (QED) is 0.632. The maximum atomic E-state index is 12.8. The van der Waals surface area contributed by atoms with Crippen LogP contribution in [0.15, 0.2) is 6.07 Å². The highest BCUT2D eigenvalue weighted by atomic mass is 79.9. The van der Waals surface area contributed by atoms with Gasteiger partial charge in [-0.05, 0) is 13.0 Å². The molecule has 1 aromatic rings. The van der Waals surface area contributed by atoms with Gasteiger partial charge in [-0.15, -0.1) is 0 Å². The number of carbonyl (C=O) groups is 1. The van der Waals surface area contributed by atoms with Crippen LogP contribution in [0, 0.1) is 11.3 Å². The molecule has 0 saturated carbocycles. The van der Waals surface area contributed by atoms with Gasteiger partial charge in [0.05, 0.1) is 17.9 Å². The molecule has 0 unspecified atom stereocenters. The van der Waals surface area contributed by atoms with Gasteiger partial charge in [0.2, 0.25) is 0 Å². The number of nitrogens with zero attached hydrogens (tertiary/aromatic N) is 2. The largest absolute Gasteiger partial charge is 0.461 e. The summed E-state index contributed by atoms with van der Waals surface area (Å²) in [6.07, 6.45) is -2.85. The molecule has 0 aliphatic carbocycles. The Morgan fingerprint density at radius 1 is 1.67 bits per heavy atom. The van der Waals surface area contributed by atoms with Gasteiger partial charge in [0.15, 0.2) is 0 Å². The predicted molar refractivity (Wildman–Crippen MR) is 62.5 cm³/mol. The molecule has 0 aliphatic rings. The molecule has 1 rings (SSSR count). The molecule has 18 heavy (non-hydrogen) atoms. The van der Waals surface area contributed by atoms with E-state index >= 15 is 0 Å². The number of esters is 1. The fourth-order valence-electron chi connectivity index (χ4n) is 1.33. The first kappa shape index (κ1) is 14.5. The third kappa shape index (κ3) is 3.01. The van der Waals surface area contributed by atoms with Crippen molar-refractivity contribution in [1.82, 2.24) is 4.98 Å². The molecule has 0 bridgehead atoms. The molecule has 0 radical (unpaired) electrons. The van der Waals surface area contributed by atoms with E-state index < -0.39 is 18.0 Å². The summed E-state index contributed by atoms with van der Waals surface area (Å²) in [7, 11) is 0. The van der Waals surface area contributed by atoms with Crippen molar-refractivity contribution in [2.45, 2.75) is 18.7 Å². The Labute approximate surface area is 111 Å². The molecule has 1 aromatic heterocycles. The second-order valence-electron chi connectivity index (χ2n) is 3.19. The van der Waals surface area contributed by atoms with Crippen LogP contribution < -0.4 is 0 Å². The Balaban J connectivity index is 3.37. The molecule has 0 saturated heterocycles. The van der Waals surface area contributed by atoms with Crippen LogP contribution in [0.25, 0.3) is 0 Å². The molecule has 0 aliphatic heterocycles. The van der Waals surface area contributed by atoms with E-state index in [2.05, 4.69) is 20.9 Å². The van der Waals surface area contributed by atoms with Crippen LogP contribution >= 0.6 is 15.9 Å². The normalized spacial score (nSPS) is 10.2. The average molecular weight is 319 g/mol. The zero-order valence-electron chi connectivity index (χ0n) is 9.41. The summed E-state index contributed by atoms with van der Waals surface area (Å²) >= 11 is 3.04. The van der Waals surface area contributed by atoms with Crippen molar-refractivity contribution in [3.05, 3.63) is 28.6 Å². The minimum atomic E-state index is -2.85. The summed E-state index contributed by atoms with van der Waals surface area (Å²) in [6, 6.07) is 2.57. The molecule has 0 amide bonds. The summed E-state index contributed by atoms with van der Waals surface area (Å²) in [6.45, 7) is 1.72. The molecular weight excluding hydrogens is 310 g/mol. The Morgan fingerprint density at radius 3 is 2.78 bits per heavy atom. The van der Waals surface area contributed by atoms with Gasteiger partial charge in [-0.3, -0.25) is 0 Å². The van der Waals surface area contributed by atoms with E-state index in [0.29, 0.717) is 0 Å². The number of rotatable bonds is 4. The number of pyridine rings is 1. The molecule has 1 heterocycles. The Hall–Kier alpha value is -1.55. The van der Waals surface area contributed by atoms with Crippen molar-refractivity contribution < 1.29 is 18.3 Å². The van der Waals surface area contributed by atoms with E-state index in [0.717, 1.165) is 6.07 Å². The second kappa shape index (κ2) is 6.40. The van der Waals surface area contributed by atoms with Gasteiger partial charge in [0.25, 0.3) is 6.43 Å². The first-order valence-corrected chi connectivity index (χ1v) is 6.12. The van der Waals surface area contributed by atoms with Crippen molar-refractivity contribution in [3.8, 4) is 6.07 Å². The number of hydrogen-bond donors (Lipinski definition) is 0. The summed E-state index contributed by atoms with van der Waals surface area (Å²) in [4.78, 5) is 15.3. The average Bonchev–Trinajstić information content (AvgIpc) is 2.37.